The average Bonchev–Trinajstić information content (AvgIpc) is 2.15. The normalized spacial score (nSPS) is 13.9. The van der Waals surface area contributed by atoms with Crippen molar-refractivity contribution in [2.75, 3.05) is 13.1 Å². The minimum Gasteiger partial charge on any atom is -0.481 e. The zero-order valence-electron chi connectivity index (χ0n) is 9.34. The molecule has 5 N–H and O–H groups in total. The summed E-state index contributed by atoms with van der Waals surface area (Å²) in [6, 6.07) is -1.54. The van der Waals surface area contributed by atoms with E-state index in [-0.39, 0.29) is 19.1 Å². The van der Waals surface area contributed by atoms with Crippen LogP contribution in [0.5, 0.6) is 0 Å². The van der Waals surface area contributed by atoms with Crippen LogP contribution in [0, 0.1) is 0 Å². The highest BCUT2D eigenvalue weighted by molar-refractivity contribution is 5.80. The molecule has 0 aromatic rings. The van der Waals surface area contributed by atoms with Crippen LogP contribution in [0.2, 0.25) is 0 Å². The van der Waals surface area contributed by atoms with E-state index >= 15 is 0 Å². The topological polar surface area (TPSA) is 136 Å². The molecule has 0 aliphatic carbocycles. The molecule has 8 nitrogen and oxygen atoms in total. The van der Waals surface area contributed by atoms with Crippen LogP contribution in [-0.2, 0) is 14.4 Å². The lowest BCUT2D eigenvalue weighted by atomic mass is 10.2. The van der Waals surface area contributed by atoms with Crippen LogP contribution in [0.1, 0.15) is 13.3 Å². The van der Waals surface area contributed by atoms with Crippen molar-refractivity contribution in [3.8, 4) is 0 Å². The molecule has 0 amide bonds. The second-order valence-electron chi connectivity index (χ2n) is 3.58. The summed E-state index contributed by atoms with van der Waals surface area (Å²) in [5.41, 5.74) is 0. The van der Waals surface area contributed by atoms with Crippen molar-refractivity contribution in [2.24, 2.45) is 0 Å². The van der Waals surface area contributed by atoms with Gasteiger partial charge in [0.2, 0.25) is 0 Å². The Morgan fingerprint density at radius 2 is 1.71 bits per heavy atom. The highest BCUT2D eigenvalue weighted by Gasteiger charge is 2.22. The molecule has 0 fully saturated rings. The van der Waals surface area contributed by atoms with Crippen molar-refractivity contribution in [2.45, 2.75) is 25.4 Å². The van der Waals surface area contributed by atoms with Gasteiger partial charge in [-0.05, 0) is 6.92 Å². The predicted molar refractivity (Wildman–Crippen MR) is 56.8 cm³/mol. The third kappa shape index (κ3) is 8.17. The minimum absolute atomic E-state index is 0.232. The smallest absolute Gasteiger partial charge is 0.321 e. The van der Waals surface area contributed by atoms with Crippen LogP contribution in [0.3, 0.4) is 0 Å². The van der Waals surface area contributed by atoms with E-state index in [1.165, 1.54) is 0 Å². The summed E-state index contributed by atoms with van der Waals surface area (Å²) < 4.78 is 0. The van der Waals surface area contributed by atoms with Crippen LogP contribution in [0.25, 0.3) is 0 Å². The van der Waals surface area contributed by atoms with Crippen LogP contribution in [-0.4, -0.2) is 58.4 Å². The Hall–Kier alpha value is -1.67. The molecule has 0 aromatic carbocycles. The zero-order chi connectivity index (χ0) is 13.4. The first kappa shape index (κ1) is 15.3. The number of nitrogens with one attached hydrogen (secondary N) is 2. The summed E-state index contributed by atoms with van der Waals surface area (Å²) in [7, 11) is 0. The van der Waals surface area contributed by atoms with Crippen LogP contribution >= 0.6 is 0 Å². The van der Waals surface area contributed by atoms with E-state index in [0.717, 1.165) is 0 Å². The van der Waals surface area contributed by atoms with Crippen molar-refractivity contribution in [3.63, 3.8) is 0 Å². The number of hydrogen-bond acceptors (Lipinski definition) is 5. The molecule has 0 aliphatic heterocycles. The molecule has 0 bridgehead atoms. The molecule has 98 valence electrons. The van der Waals surface area contributed by atoms with Gasteiger partial charge < -0.3 is 26.0 Å². The number of carbonyl (C=O) groups is 3. The number of hydrogen-bond donors (Lipinski definition) is 5. The average molecular weight is 248 g/mol. The van der Waals surface area contributed by atoms with Crippen molar-refractivity contribution in [1.29, 1.82) is 0 Å². The van der Waals surface area contributed by atoms with Crippen molar-refractivity contribution >= 4 is 17.9 Å². The fourth-order valence-electron chi connectivity index (χ4n) is 1.19. The van der Waals surface area contributed by atoms with Gasteiger partial charge in [0.25, 0.3) is 0 Å². The standard InChI is InChI=1S/C9H16N2O6/c1-5(3-10-4-8(14)15)11-6(9(16)17)2-7(12)13/h5-6,10-11H,2-4H2,1H3,(H,12,13)(H,14,15)(H,16,17). The summed E-state index contributed by atoms with van der Waals surface area (Å²) in [4.78, 5) is 31.3. The van der Waals surface area contributed by atoms with E-state index in [0.29, 0.717) is 0 Å². The molecule has 0 aliphatic rings. The predicted octanol–water partition coefficient (Wildman–Crippen LogP) is -1.43. The Labute approximate surface area is 97.6 Å². The third-order valence-electron chi connectivity index (χ3n) is 1.89. The molecule has 0 spiro atoms. The number of carboxylic acids is 3. The summed E-state index contributed by atoms with van der Waals surface area (Å²) in [5, 5.41) is 30.8. The van der Waals surface area contributed by atoms with Crippen LogP contribution in [0.4, 0.5) is 0 Å². The van der Waals surface area contributed by atoms with E-state index in [1.807, 2.05) is 0 Å². The van der Waals surface area contributed by atoms with Crippen molar-refractivity contribution in [1.82, 2.24) is 10.6 Å². The Morgan fingerprint density at radius 3 is 2.12 bits per heavy atom. The molecule has 2 atom stereocenters. The maximum atomic E-state index is 10.7. The molecule has 0 rings (SSSR count). The SMILES string of the molecule is CC(CNCC(=O)O)NC(CC(=O)O)C(=O)O. The van der Waals surface area contributed by atoms with Gasteiger partial charge in [-0.25, -0.2) is 0 Å². The van der Waals surface area contributed by atoms with Gasteiger partial charge in [-0.3, -0.25) is 14.4 Å². The lowest BCUT2D eigenvalue weighted by molar-refractivity contribution is -0.146. The quantitative estimate of drug-likeness (QED) is 0.335. The molecule has 0 radical (unpaired) electrons. The van der Waals surface area contributed by atoms with E-state index in [4.69, 9.17) is 15.3 Å². The highest BCUT2D eigenvalue weighted by atomic mass is 16.4. The van der Waals surface area contributed by atoms with Gasteiger partial charge in [-0.15, -0.1) is 0 Å². The Morgan fingerprint density at radius 1 is 1.12 bits per heavy atom. The third-order valence-corrected chi connectivity index (χ3v) is 1.89. The summed E-state index contributed by atoms with van der Waals surface area (Å²) in [6.07, 6.45) is -0.529. The monoisotopic (exact) mass is 248 g/mol. The van der Waals surface area contributed by atoms with Gasteiger partial charge in [0, 0.05) is 12.6 Å². The maximum absolute atomic E-state index is 10.7. The lowest BCUT2D eigenvalue weighted by Crippen LogP contribution is -2.47. The van der Waals surface area contributed by atoms with Gasteiger partial charge in [0.1, 0.15) is 6.04 Å². The second-order valence-corrected chi connectivity index (χ2v) is 3.58. The number of aliphatic carboxylic acids is 3. The first-order chi connectivity index (χ1) is 7.82. The fourth-order valence-corrected chi connectivity index (χ4v) is 1.19. The molecular formula is C9H16N2O6. The minimum atomic E-state index is -1.25. The van der Waals surface area contributed by atoms with E-state index in [1.54, 1.807) is 6.92 Å². The van der Waals surface area contributed by atoms with E-state index in [9.17, 15) is 14.4 Å². The molecule has 8 heteroatoms. The van der Waals surface area contributed by atoms with Gasteiger partial charge in [-0.2, -0.15) is 0 Å². The summed E-state index contributed by atoms with van der Waals surface area (Å²) in [5.74, 6) is -3.48. The van der Waals surface area contributed by atoms with Crippen molar-refractivity contribution in [3.05, 3.63) is 0 Å². The van der Waals surface area contributed by atoms with Gasteiger partial charge >= 0.3 is 17.9 Å². The molecule has 2 unspecified atom stereocenters. The molecule has 0 heterocycles. The molecule has 17 heavy (non-hydrogen) atoms. The molecule has 0 saturated heterocycles. The Bertz CT molecular complexity index is 293. The second kappa shape index (κ2) is 7.58. The summed E-state index contributed by atoms with van der Waals surface area (Å²) >= 11 is 0. The first-order valence-corrected chi connectivity index (χ1v) is 4.96. The first-order valence-electron chi connectivity index (χ1n) is 4.96. The highest BCUT2D eigenvalue weighted by Crippen LogP contribution is 1.95. The number of carboxylic acid groups (broad SMARTS) is 3. The van der Waals surface area contributed by atoms with E-state index < -0.39 is 30.4 Å². The Balaban J connectivity index is 4.03. The fraction of sp³-hybridized carbons (Fsp3) is 0.667. The van der Waals surface area contributed by atoms with Gasteiger partial charge in [-0.1, -0.05) is 0 Å². The lowest BCUT2D eigenvalue weighted by Gasteiger charge is -2.18. The maximum Gasteiger partial charge on any atom is 0.321 e. The van der Waals surface area contributed by atoms with Crippen molar-refractivity contribution < 1.29 is 29.7 Å². The zero-order valence-corrected chi connectivity index (χ0v) is 9.34. The summed E-state index contributed by atoms with van der Waals surface area (Å²) in [6.45, 7) is 1.63. The Kier molecular flexibility index (Phi) is 6.83. The molecular weight excluding hydrogens is 232 g/mol. The van der Waals surface area contributed by atoms with Gasteiger partial charge in [0.05, 0.1) is 13.0 Å². The molecule has 0 aromatic heterocycles. The van der Waals surface area contributed by atoms with Crippen LogP contribution in [0.15, 0.2) is 0 Å². The number of rotatable bonds is 9. The molecule has 0 saturated carbocycles. The van der Waals surface area contributed by atoms with Gasteiger partial charge in [0.15, 0.2) is 0 Å². The largest absolute Gasteiger partial charge is 0.481 e. The van der Waals surface area contributed by atoms with Crippen LogP contribution < -0.4 is 10.6 Å². The van der Waals surface area contributed by atoms with E-state index in [2.05, 4.69) is 10.6 Å².